The van der Waals surface area contributed by atoms with E-state index in [9.17, 15) is 4.79 Å². The first-order chi connectivity index (χ1) is 10.3. The molecule has 0 aliphatic heterocycles. The molecule has 0 bridgehead atoms. The van der Waals surface area contributed by atoms with Gasteiger partial charge in [0, 0.05) is 17.9 Å². The molecule has 0 aromatic rings. The molecule has 122 valence electrons. The van der Waals surface area contributed by atoms with Crippen LogP contribution in [0, 0.1) is 17.3 Å². The maximum absolute atomic E-state index is 12.2. The summed E-state index contributed by atoms with van der Waals surface area (Å²) in [6, 6.07) is 0. The lowest BCUT2D eigenvalue weighted by atomic mass is 9.98. The minimum absolute atomic E-state index is 0.0131. The normalized spacial score (nSPS) is 31.5. The Morgan fingerprint density at radius 2 is 2.00 bits per heavy atom. The van der Waals surface area contributed by atoms with Crippen LogP contribution in [0.4, 0.5) is 0 Å². The second kappa shape index (κ2) is 6.44. The van der Waals surface area contributed by atoms with Gasteiger partial charge in [-0.2, -0.15) is 0 Å². The van der Waals surface area contributed by atoms with E-state index in [-0.39, 0.29) is 17.5 Å². The van der Waals surface area contributed by atoms with Crippen LogP contribution in [-0.2, 0) is 9.53 Å². The molecule has 0 radical (unpaired) electrons. The van der Waals surface area contributed by atoms with Crippen molar-refractivity contribution in [2.75, 3.05) is 0 Å². The molecule has 2 aliphatic rings. The summed E-state index contributed by atoms with van der Waals surface area (Å²) in [7, 11) is 0. The highest BCUT2D eigenvalue weighted by Gasteiger charge is 2.60. The molecule has 2 nitrogen and oxygen atoms in total. The molecule has 3 atom stereocenters. The fourth-order valence-electron chi connectivity index (χ4n) is 3.67. The van der Waals surface area contributed by atoms with Crippen molar-refractivity contribution in [1.82, 2.24) is 0 Å². The molecule has 2 aliphatic carbocycles. The van der Waals surface area contributed by atoms with E-state index in [1.54, 1.807) is 0 Å². The number of rotatable bonds is 2. The number of hydrogen-bond acceptors (Lipinski definition) is 2. The molecule has 1 fully saturated rings. The molecule has 0 spiro atoms. The lowest BCUT2D eigenvalue weighted by Gasteiger charge is -2.21. The third kappa shape index (κ3) is 3.53. The quantitative estimate of drug-likeness (QED) is 0.397. The lowest BCUT2D eigenvalue weighted by molar-refractivity contribution is -0.145. The predicted molar refractivity (Wildman–Crippen MR) is 91.4 cm³/mol. The van der Waals surface area contributed by atoms with Gasteiger partial charge in [-0.1, -0.05) is 43.2 Å². The van der Waals surface area contributed by atoms with Crippen molar-refractivity contribution in [3.05, 3.63) is 34.9 Å². The van der Waals surface area contributed by atoms with Gasteiger partial charge in [-0.3, -0.25) is 0 Å². The molecule has 0 saturated heterocycles. The summed E-state index contributed by atoms with van der Waals surface area (Å²) in [5, 5.41) is 0. The zero-order chi connectivity index (χ0) is 16.5. The van der Waals surface area contributed by atoms with Crippen molar-refractivity contribution < 1.29 is 9.53 Å². The fraction of sp³-hybridized carbons (Fsp3) is 0.650. The van der Waals surface area contributed by atoms with Gasteiger partial charge in [0.1, 0.15) is 6.10 Å². The van der Waals surface area contributed by atoms with Gasteiger partial charge >= 0.3 is 5.97 Å². The molecular formula is C20H30O2. The van der Waals surface area contributed by atoms with E-state index in [1.165, 1.54) is 11.1 Å². The Hall–Kier alpha value is -1.31. The van der Waals surface area contributed by atoms with E-state index in [4.69, 9.17) is 4.74 Å². The van der Waals surface area contributed by atoms with Crippen LogP contribution in [0.5, 0.6) is 0 Å². The van der Waals surface area contributed by atoms with Crippen molar-refractivity contribution in [2.24, 2.45) is 17.3 Å². The van der Waals surface area contributed by atoms with Crippen LogP contribution in [0.25, 0.3) is 0 Å². The highest BCUT2D eigenvalue weighted by molar-refractivity contribution is 5.87. The summed E-state index contributed by atoms with van der Waals surface area (Å²) >= 11 is 0. The summed E-state index contributed by atoms with van der Waals surface area (Å²) in [6.45, 7) is 12.7. The highest BCUT2D eigenvalue weighted by atomic mass is 16.5. The van der Waals surface area contributed by atoms with E-state index < -0.39 is 0 Å². The average Bonchev–Trinajstić information content (AvgIpc) is 2.97. The number of allylic oxidation sites excluding steroid dienone is 4. The Kier molecular flexibility index (Phi) is 4.99. The van der Waals surface area contributed by atoms with Gasteiger partial charge in [-0.15, -0.1) is 0 Å². The van der Waals surface area contributed by atoms with Crippen molar-refractivity contribution >= 4 is 5.97 Å². The number of ether oxygens (including phenoxy) is 1. The summed E-state index contributed by atoms with van der Waals surface area (Å²) in [5.74, 6) is 0.791. The zero-order valence-electron chi connectivity index (χ0n) is 14.9. The van der Waals surface area contributed by atoms with Gasteiger partial charge in [0.25, 0.3) is 0 Å². The Bertz CT molecular complexity index is 534. The number of esters is 1. The third-order valence-corrected chi connectivity index (χ3v) is 5.43. The van der Waals surface area contributed by atoms with Crippen LogP contribution in [0.2, 0.25) is 0 Å². The number of fused-ring (bicyclic) bond motifs is 1. The molecule has 2 rings (SSSR count). The Morgan fingerprint density at radius 3 is 2.64 bits per heavy atom. The molecule has 0 heterocycles. The van der Waals surface area contributed by atoms with Crippen LogP contribution in [0.15, 0.2) is 34.9 Å². The van der Waals surface area contributed by atoms with E-state index >= 15 is 0 Å². The summed E-state index contributed by atoms with van der Waals surface area (Å²) in [5.41, 5.74) is 3.72. The van der Waals surface area contributed by atoms with E-state index in [2.05, 4.69) is 39.8 Å². The number of hydrogen-bond donors (Lipinski definition) is 0. The smallest absolute Gasteiger partial charge is 0.333 e. The molecular weight excluding hydrogens is 272 g/mol. The second-order valence-electron chi connectivity index (χ2n) is 7.59. The van der Waals surface area contributed by atoms with Crippen LogP contribution >= 0.6 is 0 Å². The maximum Gasteiger partial charge on any atom is 0.333 e. The molecule has 1 saturated carbocycles. The van der Waals surface area contributed by atoms with Gasteiger partial charge in [-0.05, 0) is 51.9 Å². The molecule has 22 heavy (non-hydrogen) atoms. The van der Waals surface area contributed by atoms with Gasteiger partial charge in [-0.25, -0.2) is 4.79 Å². The Labute approximate surface area is 135 Å². The molecule has 0 aromatic heterocycles. The van der Waals surface area contributed by atoms with Gasteiger partial charge in [0.2, 0.25) is 0 Å². The molecule has 0 amide bonds. The largest absolute Gasteiger partial charge is 0.458 e. The summed E-state index contributed by atoms with van der Waals surface area (Å²) in [6.07, 6.45) is 9.62. The van der Waals surface area contributed by atoms with Gasteiger partial charge in [0.15, 0.2) is 0 Å². The van der Waals surface area contributed by atoms with Crippen LogP contribution in [0.3, 0.4) is 0 Å². The first kappa shape index (κ1) is 17.1. The summed E-state index contributed by atoms with van der Waals surface area (Å²) < 4.78 is 5.89. The monoisotopic (exact) mass is 302 g/mol. The molecule has 0 N–H and O–H groups in total. The third-order valence-electron chi connectivity index (χ3n) is 5.43. The highest BCUT2D eigenvalue weighted by Crippen LogP contribution is 2.62. The minimum atomic E-state index is -0.167. The van der Waals surface area contributed by atoms with E-state index in [0.29, 0.717) is 17.4 Å². The van der Waals surface area contributed by atoms with Crippen LogP contribution in [-0.4, -0.2) is 12.1 Å². The first-order valence-electron chi connectivity index (χ1n) is 8.44. The maximum atomic E-state index is 12.2. The van der Waals surface area contributed by atoms with Crippen molar-refractivity contribution in [2.45, 2.75) is 66.9 Å². The van der Waals surface area contributed by atoms with Gasteiger partial charge in [0.05, 0.1) is 0 Å². The van der Waals surface area contributed by atoms with Gasteiger partial charge < -0.3 is 4.74 Å². The minimum Gasteiger partial charge on any atom is -0.458 e. The Morgan fingerprint density at radius 1 is 1.32 bits per heavy atom. The van der Waals surface area contributed by atoms with Crippen molar-refractivity contribution in [1.29, 1.82) is 0 Å². The number of carbonyl (C=O) groups is 1. The molecule has 3 unspecified atom stereocenters. The van der Waals surface area contributed by atoms with E-state index in [0.717, 1.165) is 19.3 Å². The molecule has 0 aromatic carbocycles. The standard InChI is InChI=1S/C20H30O2/c1-7-15(4)19(21)22-17-12-14(3)10-8-9-13(2)11-16-18(17)20(16,5)6/h7,10-11,16-18H,8-9,12H2,1-6H3. The Balaban J connectivity index is 2.25. The van der Waals surface area contributed by atoms with Crippen LogP contribution in [0.1, 0.15) is 60.8 Å². The fourth-order valence-corrected chi connectivity index (χ4v) is 3.67. The zero-order valence-corrected chi connectivity index (χ0v) is 14.9. The summed E-state index contributed by atoms with van der Waals surface area (Å²) in [4.78, 5) is 12.2. The predicted octanol–water partition coefficient (Wildman–Crippen LogP) is 5.21. The topological polar surface area (TPSA) is 26.3 Å². The van der Waals surface area contributed by atoms with E-state index in [1.807, 2.05) is 19.9 Å². The van der Waals surface area contributed by atoms with Crippen LogP contribution < -0.4 is 0 Å². The van der Waals surface area contributed by atoms with Crippen molar-refractivity contribution in [3.63, 3.8) is 0 Å². The lowest BCUT2D eigenvalue weighted by Crippen LogP contribution is -2.23. The average molecular weight is 302 g/mol. The first-order valence-corrected chi connectivity index (χ1v) is 8.44. The number of carbonyl (C=O) groups excluding carboxylic acids is 1. The van der Waals surface area contributed by atoms with Crippen molar-refractivity contribution in [3.8, 4) is 0 Å². The SMILES string of the molecule is CC=C(C)C(=O)OC1CC(C)=CCCC(C)=CC2C1C2(C)C. The molecule has 2 heteroatoms. The second-order valence-corrected chi connectivity index (χ2v) is 7.59.